The number of esters is 1. The van der Waals surface area contributed by atoms with E-state index in [0.29, 0.717) is 29.0 Å². The molecule has 2 heterocycles. The number of carbonyl (C=O) groups is 2. The molecule has 0 radical (unpaired) electrons. The highest BCUT2D eigenvalue weighted by atomic mass is 35.5. The number of aryl methyl sites for hydroxylation is 1. The third kappa shape index (κ3) is 3.82. The molecule has 162 valence electrons. The Bertz CT molecular complexity index is 992. The molecule has 1 saturated carbocycles. The monoisotopic (exact) mass is 441 g/mol. The molecule has 2 fully saturated rings. The molecule has 7 atom stereocenters. The molecule has 2 aliphatic rings. The lowest BCUT2D eigenvalue weighted by Crippen LogP contribution is -2.58. The van der Waals surface area contributed by atoms with Gasteiger partial charge in [0.05, 0.1) is 10.9 Å². The summed E-state index contributed by atoms with van der Waals surface area (Å²) in [6.07, 6.45) is -7.51. The first-order valence-electron chi connectivity index (χ1n) is 9.32. The predicted molar refractivity (Wildman–Crippen MR) is 99.5 cm³/mol. The van der Waals surface area contributed by atoms with Crippen molar-refractivity contribution in [2.75, 3.05) is 6.61 Å². The van der Waals surface area contributed by atoms with Crippen LogP contribution < -0.4 is 0 Å². The average Bonchev–Trinajstić information content (AvgIpc) is 3.42. The fourth-order valence-corrected chi connectivity index (χ4v) is 3.80. The number of rotatable bonds is 5. The van der Waals surface area contributed by atoms with Gasteiger partial charge in [-0.15, -0.1) is 0 Å². The minimum atomic E-state index is -1.72. The van der Waals surface area contributed by atoms with E-state index in [9.17, 15) is 30.0 Å². The summed E-state index contributed by atoms with van der Waals surface area (Å²) in [4.78, 5) is 29.2. The van der Waals surface area contributed by atoms with Crippen molar-refractivity contribution >= 4 is 34.5 Å². The van der Waals surface area contributed by atoms with Crippen molar-refractivity contribution in [2.45, 2.75) is 44.1 Å². The van der Waals surface area contributed by atoms with Crippen LogP contribution >= 0.6 is 11.6 Å². The first kappa shape index (κ1) is 21.2. The van der Waals surface area contributed by atoms with Gasteiger partial charge < -0.3 is 34.3 Å². The van der Waals surface area contributed by atoms with E-state index in [1.807, 2.05) is 0 Å². The summed E-state index contributed by atoms with van der Waals surface area (Å²) in [5, 5.41) is 38.8. The minimum Gasteiger partial charge on any atom is -0.463 e. The Hall–Kier alpha value is -2.08. The number of aromatic nitrogens is 1. The van der Waals surface area contributed by atoms with E-state index in [0.717, 1.165) is 0 Å². The zero-order chi connectivity index (χ0) is 21.7. The molecular formula is C19H20ClNO9. The number of aliphatic hydroxyl groups excluding tert-OH is 4. The van der Waals surface area contributed by atoms with Crippen molar-refractivity contribution in [3.8, 4) is 0 Å². The van der Waals surface area contributed by atoms with E-state index >= 15 is 0 Å². The van der Waals surface area contributed by atoms with Crippen molar-refractivity contribution < 1.29 is 43.9 Å². The molecule has 4 N–H and O–H groups in total. The van der Waals surface area contributed by atoms with E-state index in [4.69, 9.17) is 25.5 Å². The summed E-state index contributed by atoms with van der Waals surface area (Å²) in [5.74, 6) is -1.76. The van der Waals surface area contributed by atoms with Gasteiger partial charge in [-0.1, -0.05) is 11.6 Å². The van der Waals surface area contributed by atoms with Crippen LogP contribution in [-0.2, 0) is 14.3 Å². The van der Waals surface area contributed by atoms with Gasteiger partial charge in [0.1, 0.15) is 36.5 Å². The Morgan fingerprint density at radius 2 is 1.90 bits per heavy atom. The molecule has 0 spiro atoms. The van der Waals surface area contributed by atoms with Gasteiger partial charge in [0, 0.05) is 18.4 Å². The van der Waals surface area contributed by atoms with Crippen molar-refractivity contribution in [1.29, 1.82) is 0 Å². The standard InChI is InChI=1S/C19H20ClNO9/c1-6-21-11-3-7(2-10(20)17(11)29-6)13(22)8-4-9(8)18(26)28-5-12-14(23)15(24)16(25)19(27)30-12/h2-3,8-9,12,14-16,19,23-25,27H,4-5H2,1H3/t8-,9-,12+,14+,15-,16+,19?/m0/s1. The summed E-state index contributed by atoms with van der Waals surface area (Å²) < 4.78 is 15.4. The maximum absolute atomic E-state index is 12.7. The largest absolute Gasteiger partial charge is 0.463 e. The second kappa shape index (κ2) is 7.88. The summed E-state index contributed by atoms with van der Waals surface area (Å²) >= 11 is 6.15. The quantitative estimate of drug-likeness (QED) is 0.366. The highest BCUT2D eigenvalue weighted by molar-refractivity contribution is 6.35. The summed E-state index contributed by atoms with van der Waals surface area (Å²) in [5.41, 5.74) is 1.15. The number of carbonyl (C=O) groups excluding carboxylic acids is 2. The topological polar surface area (TPSA) is 160 Å². The molecule has 30 heavy (non-hydrogen) atoms. The van der Waals surface area contributed by atoms with Crippen LogP contribution in [0.25, 0.3) is 11.1 Å². The molecule has 2 aromatic rings. The predicted octanol–water partition coefficient (Wildman–Crippen LogP) is -0.0485. The second-order valence-corrected chi connectivity index (χ2v) is 7.93. The Labute approximate surface area is 175 Å². The lowest BCUT2D eigenvalue weighted by atomic mass is 9.99. The molecular weight excluding hydrogens is 422 g/mol. The maximum Gasteiger partial charge on any atom is 0.309 e. The zero-order valence-corrected chi connectivity index (χ0v) is 16.5. The van der Waals surface area contributed by atoms with Gasteiger partial charge in [0.2, 0.25) is 0 Å². The number of oxazole rings is 1. The van der Waals surface area contributed by atoms with Crippen LogP contribution in [0.2, 0.25) is 5.02 Å². The van der Waals surface area contributed by atoms with Crippen LogP contribution in [0, 0.1) is 18.8 Å². The van der Waals surface area contributed by atoms with E-state index in [2.05, 4.69) is 4.98 Å². The van der Waals surface area contributed by atoms with Crippen LogP contribution in [0.5, 0.6) is 0 Å². The summed E-state index contributed by atoms with van der Waals surface area (Å²) in [6.45, 7) is 1.21. The van der Waals surface area contributed by atoms with Crippen LogP contribution in [0.1, 0.15) is 22.7 Å². The van der Waals surface area contributed by atoms with Crippen molar-refractivity contribution in [2.24, 2.45) is 11.8 Å². The first-order valence-corrected chi connectivity index (χ1v) is 9.70. The molecule has 1 unspecified atom stereocenters. The zero-order valence-electron chi connectivity index (χ0n) is 15.8. The first-order chi connectivity index (χ1) is 14.2. The van der Waals surface area contributed by atoms with Gasteiger partial charge in [0.25, 0.3) is 0 Å². The van der Waals surface area contributed by atoms with E-state index in [1.165, 1.54) is 6.07 Å². The van der Waals surface area contributed by atoms with Gasteiger partial charge in [-0.05, 0) is 18.6 Å². The van der Waals surface area contributed by atoms with Gasteiger partial charge in [-0.2, -0.15) is 0 Å². The molecule has 1 aromatic heterocycles. The third-order valence-corrected chi connectivity index (χ3v) is 5.62. The highest BCUT2D eigenvalue weighted by Crippen LogP contribution is 2.43. The van der Waals surface area contributed by atoms with Crippen molar-refractivity contribution in [3.63, 3.8) is 0 Å². The smallest absolute Gasteiger partial charge is 0.309 e. The maximum atomic E-state index is 12.7. The summed E-state index contributed by atoms with van der Waals surface area (Å²) in [7, 11) is 0. The Kier molecular flexibility index (Phi) is 5.56. The SMILES string of the molecule is Cc1nc2cc(C(=O)[C@H]3C[C@@H]3C(=O)OC[C@H]3OC(O)[C@H](O)[C@@H](O)[C@@H]3O)cc(Cl)c2o1. The van der Waals surface area contributed by atoms with Crippen LogP contribution in [-0.4, -0.2) is 74.5 Å². The van der Waals surface area contributed by atoms with Gasteiger partial charge in [-0.3, -0.25) is 9.59 Å². The Balaban J connectivity index is 1.36. The number of hydrogen-bond donors (Lipinski definition) is 4. The number of ether oxygens (including phenoxy) is 2. The van der Waals surface area contributed by atoms with Crippen molar-refractivity contribution in [1.82, 2.24) is 4.98 Å². The number of benzene rings is 1. The average molecular weight is 442 g/mol. The molecule has 1 aromatic carbocycles. The minimum absolute atomic E-state index is 0.249. The van der Waals surface area contributed by atoms with Crippen LogP contribution in [0.4, 0.5) is 0 Å². The fraction of sp³-hybridized carbons (Fsp3) is 0.526. The number of aliphatic hydroxyl groups is 4. The fourth-order valence-electron chi connectivity index (χ4n) is 3.54. The number of halogens is 1. The molecule has 10 nitrogen and oxygen atoms in total. The molecule has 1 aliphatic heterocycles. The Morgan fingerprint density at radius 1 is 1.17 bits per heavy atom. The van der Waals surface area contributed by atoms with E-state index in [-0.39, 0.29) is 10.8 Å². The normalized spacial score (nSPS) is 33.5. The van der Waals surface area contributed by atoms with E-state index in [1.54, 1.807) is 13.0 Å². The lowest BCUT2D eigenvalue weighted by molar-refractivity contribution is -0.287. The molecule has 1 saturated heterocycles. The number of fused-ring (bicyclic) bond motifs is 1. The number of ketones is 1. The molecule has 0 amide bonds. The molecule has 1 aliphatic carbocycles. The third-order valence-electron chi connectivity index (χ3n) is 5.34. The van der Waals surface area contributed by atoms with Gasteiger partial charge in [-0.25, -0.2) is 4.98 Å². The summed E-state index contributed by atoms with van der Waals surface area (Å²) in [6, 6.07) is 3.03. The highest BCUT2D eigenvalue weighted by Gasteiger charge is 2.50. The number of nitrogens with zero attached hydrogens (tertiary/aromatic N) is 1. The van der Waals surface area contributed by atoms with Gasteiger partial charge >= 0.3 is 5.97 Å². The van der Waals surface area contributed by atoms with Gasteiger partial charge in [0.15, 0.2) is 23.5 Å². The van der Waals surface area contributed by atoms with E-state index < -0.39 is 55.1 Å². The number of hydrogen-bond acceptors (Lipinski definition) is 10. The Morgan fingerprint density at radius 3 is 2.63 bits per heavy atom. The second-order valence-electron chi connectivity index (χ2n) is 7.52. The van der Waals surface area contributed by atoms with Crippen molar-refractivity contribution in [3.05, 3.63) is 28.6 Å². The molecule has 4 rings (SSSR count). The van der Waals surface area contributed by atoms with Crippen LogP contribution in [0.15, 0.2) is 16.5 Å². The molecule has 11 heteroatoms. The molecule has 0 bridgehead atoms. The number of Topliss-reactive ketones (excluding diaryl/α,β-unsaturated/α-hetero) is 1. The lowest BCUT2D eigenvalue weighted by Gasteiger charge is -2.37. The van der Waals surface area contributed by atoms with Crippen LogP contribution in [0.3, 0.4) is 0 Å².